The Labute approximate surface area is 87.9 Å². The highest BCUT2D eigenvalue weighted by atomic mass is 19.1. The Morgan fingerprint density at radius 2 is 2.07 bits per heavy atom. The SMILES string of the molecule is CCc1ccc(F)c(C(O)CNC)c1F. The van der Waals surface area contributed by atoms with Gasteiger partial charge in [0.2, 0.25) is 0 Å². The van der Waals surface area contributed by atoms with Crippen LogP contribution in [0.4, 0.5) is 8.78 Å². The molecule has 2 nitrogen and oxygen atoms in total. The fraction of sp³-hybridized carbons (Fsp3) is 0.455. The van der Waals surface area contributed by atoms with Crippen LogP contribution in [-0.4, -0.2) is 18.7 Å². The maximum absolute atomic E-state index is 13.7. The highest BCUT2D eigenvalue weighted by Crippen LogP contribution is 2.23. The predicted octanol–water partition coefficient (Wildman–Crippen LogP) is 1.78. The van der Waals surface area contributed by atoms with Crippen molar-refractivity contribution in [2.75, 3.05) is 13.6 Å². The molecule has 0 spiro atoms. The number of aryl methyl sites for hydroxylation is 1. The molecule has 2 N–H and O–H groups in total. The van der Waals surface area contributed by atoms with Gasteiger partial charge in [0, 0.05) is 6.54 Å². The minimum absolute atomic E-state index is 0.126. The van der Waals surface area contributed by atoms with E-state index in [9.17, 15) is 13.9 Å². The van der Waals surface area contributed by atoms with Crippen LogP contribution in [0.1, 0.15) is 24.2 Å². The minimum Gasteiger partial charge on any atom is -0.387 e. The maximum atomic E-state index is 13.7. The van der Waals surface area contributed by atoms with Gasteiger partial charge in [0.25, 0.3) is 0 Å². The zero-order valence-corrected chi connectivity index (χ0v) is 8.85. The van der Waals surface area contributed by atoms with Gasteiger partial charge in [0.15, 0.2) is 0 Å². The summed E-state index contributed by atoms with van der Waals surface area (Å²) in [6.45, 7) is 1.91. The number of aliphatic hydroxyl groups is 1. The van der Waals surface area contributed by atoms with Gasteiger partial charge in [-0.15, -0.1) is 0 Å². The molecule has 0 aliphatic carbocycles. The molecule has 1 aromatic carbocycles. The van der Waals surface area contributed by atoms with Crippen LogP contribution in [0, 0.1) is 11.6 Å². The van der Waals surface area contributed by atoms with Crippen molar-refractivity contribution >= 4 is 0 Å². The molecule has 0 heterocycles. The van der Waals surface area contributed by atoms with Gasteiger partial charge in [-0.2, -0.15) is 0 Å². The molecule has 1 unspecified atom stereocenters. The summed E-state index contributed by atoms with van der Waals surface area (Å²) in [5.74, 6) is -1.34. The predicted molar refractivity (Wildman–Crippen MR) is 54.6 cm³/mol. The number of hydrogen-bond acceptors (Lipinski definition) is 2. The number of benzene rings is 1. The van der Waals surface area contributed by atoms with E-state index >= 15 is 0 Å². The lowest BCUT2D eigenvalue weighted by Crippen LogP contribution is -2.19. The molecule has 15 heavy (non-hydrogen) atoms. The van der Waals surface area contributed by atoms with Gasteiger partial charge in [-0.25, -0.2) is 8.78 Å². The average Bonchev–Trinajstić information content (AvgIpc) is 2.18. The zero-order valence-electron chi connectivity index (χ0n) is 8.85. The Balaban J connectivity index is 3.14. The van der Waals surface area contributed by atoms with Gasteiger partial charge >= 0.3 is 0 Å². The molecule has 0 saturated heterocycles. The monoisotopic (exact) mass is 215 g/mol. The molecule has 0 aliphatic heterocycles. The van der Waals surface area contributed by atoms with E-state index in [1.54, 1.807) is 14.0 Å². The van der Waals surface area contributed by atoms with E-state index in [2.05, 4.69) is 5.32 Å². The van der Waals surface area contributed by atoms with E-state index in [4.69, 9.17) is 0 Å². The van der Waals surface area contributed by atoms with Gasteiger partial charge in [-0.1, -0.05) is 13.0 Å². The summed E-state index contributed by atoms with van der Waals surface area (Å²) < 4.78 is 27.0. The van der Waals surface area contributed by atoms with Crippen molar-refractivity contribution in [2.45, 2.75) is 19.4 Å². The second-order valence-corrected chi connectivity index (χ2v) is 3.36. The Morgan fingerprint density at radius 1 is 1.40 bits per heavy atom. The lowest BCUT2D eigenvalue weighted by atomic mass is 10.0. The van der Waals surface area contributed by atoms with Crippen molar-refractivity contribution in [1.29, 1.82) is 0 Å². The lowest BCUT2D eigenvalue weighted by molar-refractivity contribution is 0.167. The smallest absolute Gasteiger partial charge is 0.135 e. The number of likely N-dealkylation sites (N-methyl/N-ethyl adjacent to an activating group) is 1. The molecular weight excluding hydrogens is 200 g/mol. The van der Waals surface area contributed by atoms with Gasteiger partial charge < -0.3 is 10.4 Å². The molecule has 84 valence electrons. The third-order valence-corrected chi connectivity index (χ3v) is 2.32. The number of halogens is 2. The fourth-order valence-electron chi connectivity index (χ4n) is 1.49. The first-order chi connectivity index (χ1) is 7.11. The van der Waals surface area contributed by atoms with E-state index in [0.717, 1.165) is 0 Å². The summed E-state index contributed by atoms with van der Waals surface area (Å²) in [6, 6.07) is 2.59. The fourth-order valence-corrected chi connectivity index (χ4v) is 1.49. The van der Waals surface area contributed by atoms with Crippen LogP contribution >= 0.6 is 0 Å². The molecule has 0 radical (unpaired) electrons. The summed E-state index contributed by atoms with van der Waals surface area (Å²) in [6.07, 6.45) is -0.674. The minimum atomic E-state index is -1.15. The Bertz CT molecular complexity index is 342. The van der Waals surface area contributed by atoms with Gasteiger partial charge in [-0.05, 0) is 25.1 Å². The van der Waals surface area contributed by atoms with E-state index in [1.165, 1.54) is 12.1 Å². The highest BCUT2D eigenvalue weighted by Gasteiger charge is 2.19. The summed E-state index contributed by atoms with van der Waals surface area (Å²) in [5, 5.41) is 12.2. The maximum Gasteiger partial charge on any atom is 0.135 e. The average molecular weight is 215 g/mol. The highest BCUT2D eigenvalue weighted by molar-refractivity contribution is 5.29. The molecule has 1 atom stereocenters. The Morgan fingerprint density at radius 3 is 2.60 bits per heavy atom. The number of aliphatic hydroxyl groups excluding tert-OH is 1. The number of hydrogen-bond donors (Lipinski definition) is 2. The first-order valence-electron chi connectivity index (χ1n) is 4.91. The van der Waals surface area contributed by atoms with Crippen molar-refractivity contribution in [2.24, 2.45) is 0 Å². The molecule has 0 saturated carbocycles. The normalized spacial score (nSPS) is 12.9. The van der Waals surface area contributed by atoms with E-state index < -0.39 is 17.7 Å². The Kier molecular flexibility index (Phi) is 4.17. The molecular formula is C11H15F2NO. The quantitative estimate of drug-likeness (QED) is 0.802. The third kappa shape index (κ3) is 2.52. The van der Waals surface area contributed by atoms with Crippen molar-refractivity contribution in [3.63, 3.8) is 0 Å². The molecule has 0 fully saturated rings. The van der Waals surface area contributed by atoms with Crippen LogP contribution in [0.25, 0.3) is 0 Å². The number of nitrogens with one attached hydrogen (secondary N) is 1. The lowest BCUT2D eigenvalue weighted by Gasteiger charge is -2.14. The van der Waals surface area contributed by atoms with E-state index in [-0.39, 0.29) is 12.1 Å². The van der Waals surface area contributed by atoms with Gasteiger partial charge in [0.05, 0.1) is 11.7 Å². The summed E-state index contributed by atoms with van der Waals surface area (Å²) in [5.41, 5.74) is 0.172. The standard InChI is InChI=1S/C11H15F2NO/c1-3-7-4-5-8(12)10(11(7)13)9(15)6-14-2/h4-5,9,14-15H,3,6H2,1-2H3. The van der Waals surface area contributed by atoms with Crippen molar-refractivity contribution in [3.8, 4) is 0 Å². The van der Waals surface area contributed by atoms with E-state index in [0.29, 0.717) is 12.0 Å². The molecule has 0 aliphatic rings. The number of rotatable bonds is 4. The van der Waals surface area contributed by atoms with Crippen molar-refractivity contribution < 1.29 is 13.9 Å². The van der Waals surface area contributed by atoms with Gasteiger partial charge in [0.1, 0.15) is 11.6 Å². The molecule has 1 rings (SSSR count). The Hall–Kier alpha value is -1.00. The van der Waals surface area contributed by atoms with Crippen molar-refractivity contribution in [1.82, 2.24) is 5.32 Å². The van der Waals surface area contributed by atoms with Crippen LogP contribution in [0.2, 0.25) is 0 Å². The second kappa shape index (κ2) is 5.19. The van der Waals surface area contributed by atoms with Gasteiger partial charge in [-0.3, -0.25) is 0 Å². The largest absolute Gasteiger partial charge is 0.387 e. The first-order valence-corrected chi connectivity index (χ1v) is 4.91. The van der Waals surface area contributed by atoms with Crippen LogP contribution in [0.15, 0.2) is 12.1 Å². The van der Waals surface area contributed by atoms with Crippen LogP contribution < -0.4 is 5.32 Å². The summed E-state index contributed by atoms with van der Waals surface area (Å²) >= 11 is 0. The second-order valence-electron chi connectivity index (χ2n) is 3.36. The topological polar surface area (TPSA) is 32.3 Å². The van der Waals surface area contributed by atoms with E-state index in [1.807, 2.05) is 0 Å². The van der Waals surface area contributed by atoms with Crippen LogP contribution in [0.5, 0.6) is 0 Å². The molecule has 0 aromatic heterocycles. The summed E-state index contributed by atoms with van der Waals surface area (Å²) in [4.78, 5) is 0. The van der Waals surface area contributed by atoms with Crippen LogP contribution in [-0.2, 0) is 6.42 Å². The molecule has 1 aromatic rings. The first kappa shape index (κ1) is 12.1. The van der Waals surface area contributed by atoms with Crippen LogP contribution in [0.3, 0.4) is 0 Å². The molecule has 0 bridgehead atoms. The molecule has 4 heteroatoms. The van der Waals surface area contributed by atoms with Crippen molar-refractivity contribution in [3.05, 3.63) is 34.9 Å². The third-order valence-electron chi connectivity index (χ3n) is 2.32. The zero-order chi connectivity index (χ0) is 11.4. The summed E-state index contributed by atoms with van der Waals surface area (Å²) in [7, 11) is 1.61. The molecule has 0 amide bonds.